The number of nitrogens with zero attached hydrogens (tertiary/aromatic N) is 3. The number of hydrogen-bond acceptors (Lipinski definition) is 4. The van der Waals surface area contributed by atoms with E-state index in [4.69, 9.17) is 22.1 Å². The summed E-state index contributed by atoms with van der Waals surface area (Å²) in [5, 5.41) is 3.59. The highest BCUT2D eigenvalue weighted by molar-refractivity contribution is 14.0. The third-order valence-corrected chi connectivity index (χ3v) is 6.04. The summed E-state index contributed by atoms with van der Waals surface area (Å²) >= 11 is 6.15. The number of piperazine rings is 1. The van der Waals surface area contributed by atoms with Crippen molar-refractivity contribution in [2.24, 2.45) is 16.6 Å². The molecule has 2 aromatic carbocycles. The monoisotopic (exact) mass is 555 g/mol. The zero-order valence-corrected chi connectivity index (χ0v) is 21.0. The first-order valence-corrected chi connectivity index (χ1v) is 11.0. The number of nitrogens with two attached hydrogens (primary N) is 1. The van der Waals surface area contributed by atoms with Crippen molar-refractivity contribution in [1.29, 1.82) is 0 Å². The van der Waals surface area contributed by atoms with Crippen molar-refractivity contribution < 1.29 is 4.74 Å². The molecule has 0 atom stereocenters. The van der Waals surface area contributed by atoms with Crippen LogP contribution in [0.4, 0.5) is 11.4 Å². The molecule has 0 bridgehead atoms. The van der Waals surface area contributed by atoms with Gasteiger partial charge in [0.25, 0.3) is 0 Å². The number of aliphatic imine (C=N–C) groups is 1. The van der Waals surface area contributed by atoms with E-state index in [9.17, 15) is 0 Å². The molecule has 0 unspecified atom stereocenters. The number of methoxy groups -OCH3 is 1. The second-order valence-corrected chi connectivity index (χ2v) is 8.48. The van der Waals surface area contributed by atoms with Gasteiger partial charge in [-0.05, 0) is 54.7 Å². The van der Waals surface area contributed by atoms with Crippen LogP contribution < -0.4 is 20.7 Å². The fourth-order valence-corrected chi connectivity index (χ4v) is 4.03. The molecule has 0 radical (unpaired) electrons. The predicted octanol–water partition coefficient (Wildman–Crippen LogP) is 4.43. The maximum atomic E-state index is 6.15. The van der Waals surface area contributed by atoms with Crippen molar-refractivity contribution in [2.45, 2.75) is 19.4 Å². The zero-order valence-electron chi connectivity index (χ0n) is 17.9. The molecule has 1 aliphatic carbocycles. The number of anilines is 2. The number of halogens is 2. The largest absolute Gasteiger partial charge is 0.495 e. The van der Waals surface area contributed by atoms with Crippen LogP contribution in [-0.4, -0.2) is 50.7 Å². The SMILES string of the molecule is COc1ccc(NC(N)=NCc2ccc(N3CCN(CC4CC4)CC3)cc2)cc1Cl.I. The number of hydrogen-bond donors (Lipinski definition) is 2. The normalized spacial score (nSPS) is 17.2. The maximum Gasteiger partial charge on any atom is 0.193 e. The van der Waals surface area contributed by atoms with Crippen LogP contribution in [0.1, 0.15) is 18.4 Å². The molecule has 2 aromatic rings. The minimum absolute atomic E-state index is 0. The van der Waals surface area contributed by atoms with Gasteiger partial charge in [-0.1, -0.05) is 23.7 Å². The average Bonchev–Trinajstić information content (AvgIpc) is 3.57. The Labute approximate surface area is 206 Å². The Balaban J connectivity index is 0.00000272. The molecule has 0 spiro atoms. The van der Waals surface area contributed by atoms with E-state index >= 15 is 0 Å². The van der Waals surface area contributed by atoms with E-state index in [1.165, 1.54) is 38.2 Å². The molecule has 3 N–H and O–H groups in total. The molecular formula is C23H31ClIN5O. The van der Waals surface area contributed by atoms with E-state index in [0.717, 1.165) is 30.3 Å². The van der Waals surface area contributed by atoms with Crippen LogP contribution in [0, 0.1) is 5.92 Å². The van der Waals surface area contributed by atoms with Gasteiger partial charge in [-0.15, -0.1) is 24.0 Å². The van der Waals surface area contributed by atoms with Crippen molar-refractivity contribution in [1.82, 2.24) is 4.90 Å². The Morgan fingerprint density at radius 1 is 1.13 bits per heavy atom. The van der Waals surface area contributed by atoms with Crippen molar-refractivity contribution >= 4 is 52.9 Å². The summed E-state index contributed by atoms with van der Waals surface area (Å²) in [6, 6.07) is 14.1. The molecule has 0 amide bonds. The number of benzene rings is 2. The molecule has 1 saturated carbocycles. The van der Waals surface area contributed by atoms with E-state index in [0.29, 0.717) is 23.3 Å². The van der Waals surface area contributed by atoms with Crippen LogP contribution >= 0.6 is 35.6 Å². The summed E-state index contributed by atoms with van der Waals surface area (Å²) in [6.07, 6.45) is 2.86. The number of rotatable bonds is 7. The molecule has 168 valence electrons. The molecule has 8 heteroatoms. The maximum absolute atomic E-state index is 6.15. The van der Waals surface area contributed by atoms with Crippen molar-refractivity contribution in [3.8, 4) is 5.75 Å². The van der Waals surface area contributed by atoms with Crippen LogP contribution in [0.2, 0.25) is 5.02 Å². The second kappa shape index (κ2) is 11.2. The number of nitrogens with one attached hydrogen (secondary N) is 1. The molecule has 31 heavy (non-hydrogen) atoms. The summed E-state index contributed by atoms with van der Waals surface area (Å²) in [7, 11) is 1.59. The minimum atomic E-state index is 0. The lowest BCUT2D eigenvalue weighted by atomic mass is 10.1. The standard InChI is InChI=1S/C23H30ClN5O.HI/c1-30-22-9-6-19(14-21(22)24)27-23(25)26-15-17-4-7-20(8-5-17)29-12-10-28(11-13-29)16-18-2-3-18;/h4-9,14,18H,2-3,10-13,15-16H2,1H3,(H3,25,26,27);1H. The molecule has 0 aromatic heterocycles. The summed E-state index contributed by atoms with van der Waals surface area (Å²) in [6.45, 7) is 6.36. The van der Waals surface area contributed by atoms with Crippen LogP contribution in [0.15, 0.2) is 47.5 Å². The van der Waals surface area contributed by atoms with Crippen molar-refractivity contribution in [3.05, 3.63) is 53.1 Å². The van der Waals surface area contributed by atoms with Gasteiger partial charge in [-0.3, -0.25) is 4.90 Å². The minimum Gasteiger partial charge on any atom is -0.495 e. The third kappa shape index (κ3) is 6.89. The summed E-state index contributed by atoms with van der Waals surface area (Å²) in [5.74, 6) is 1.95. The van der Waals surface area contributed by atoms with E-state index in [1.807, 2.05) is 6.07 Å². The molecule has 1 heterocycles. The van der Waals surface area contributed by atoms with Gasteiger partial charge in [0.1, 0.15) is 5.75 Å². The highest BCUT2D eigenvalue weighted by atomic mass is 127. The second-order valence-electron chi connectivity index (χ2n) is 8.07. The summed E-state index contributed by atoms with van der Waals surface area (Å²) in [4.78, 5) is 9.52. The van der Waals surface area contributed by atoms with Gasteiger partial charge in [0.05, 0.1) is 18.7 Å². The van der Waals surface area contributed by atoms with Gasteiger partial charge in [0, 0.05) is 44.1 Å². The molecule has 6 nitrogen and oxygen atoms in total. The molecule has 2 aliphatic rings. The van der Waals surface area contributed by atoms with Crippen molar-refractivity contribution in [3.63, 3.8) is 0 Å². The third-order valence-electron chi connectivity index (χ3n) is 5.74. The highest BCUT2D eigenvalue weighted by Gasteiger charge is 2.26. The molecular weight excluding hydrogens is 525 g/mol. The van der Waals surface area contributed by atoms with Gasteiger partial charge in [-0.2, -0.15) is 0 Å². The highest BCUT2D eigenvalue weighted by Crippen LogP contribution is 2.30. The van der Waals surface area contributed by atoms with Gasteiger partial charge in [0.2, 0.25) is 0 Å². The number of guanidine groups is 1. The van der Waals surface area contributed by atoms with Crippen LogP contribution in [0.3, 0.4) is 0 Å². The Morgan fingerprint density at radius 3 is 2.45 bits per heavy atom. The Bertz CT molecular complexity index is 880. The fourth-order valence-electron chi connectivity index (χ4n) is 3.77. The van der Waals surface area contributed by atoms with Crippen LogP contribution in [0.25, 0.3) is 0 Å². The van der Waals surface area contributed by atoms with Crippen LogP contribution in [-0.2, 0) is 6.54 Å². The van der Waals surface area contributed by atoms with E-state index in [-0.39, 0.29) is 24.0 Å². The first-order chi connectivity index (χ1) is 14.6. The molecule has 1 aliphatic heterocycles. The summed E-state index contributed by atoms with van der Waals surface area (Å²) < 4.78 is 5.16. The number of ether oxygens (including phenoxy) is 1. The summed E-state index contributed by atoms with van der Waals surface area (Å²) in [5.41, 5.74) is 9.21. The Morgan fingerprint density at radius 2 is 1.84 bits per heavy atom. The smallest absolute Gasteiger partial charge is 0.193 e. The first-order valence-electron chi connectivity index (χ1n) is 10.6. The average molecular weight is 556 g/mol. The molecule has 4 rings (SSSR count). The van der Waals surface area contributed by atoms with E-state index < -0.39 is 0 Å². The zero-order chi connectivity index (χ0) is 20.9. The van der Waals surface area contributed by atoms with Crippen molar-refractivity contribution in [2.75, 3.05) is 50.1 Å². The van der Waals surface area contributed by atoms with Gasteiger partial charge < -0.3 is 20.7 Å². The lowest BCUT2D eigenvalue weighted by molar-refractivity contribution is 0.248. The van der Waals surface area contributed by atoms with Gasteiger partial charge in [-0.25, -0.2) is 4.99 Å². The lowest BCUT2D eigenvalue weighted by Crippen LogP contribution is -2.47. The topological polar surface area (TPSA) is 66.1 Å². The van der Waals surface area contributed by atoms with E-state index in [1.54, 1.807) is 19.2 Å². The quantitative estimate of drug-likeness (QED) is 0.301. The molecule has 2 fully saturated rings. The van der Waals surface area contributed by atoms with Gasteiger partial charge in [0.15, 0.2) is 5.96 Å². The lowest BCUT2D eigenvalue weighted by Gasteiger charge is -2.36. The van der Waals surface area contributed by atoms with E-state index in [2.05, 4.69) is 44.4 Å². The Kier molecular flexibility index (Phi) is 8.68. The van der Waals surface area contributed by atoms with Gasteiger partial charge >= 0.3 is 0 Å². The first kappa shape index (κ1) is 23.9. The molecule has 1 saturated heterocycles. The Hall–Kier alpha value is -1.71. The fraction of sp³-hybridized carbons (Fsp3) is 0.435. The predicted molar refractivity (Wildman–Crippen MR) is 140 cm³/mol. The van der Waals surface area contributed by atoms with Crippen LogP contribution in [0.5, 0.6) is 5.75 Å².